The summed E-state index contributed by atoms with van der Waals surface area (Å²) >= 11 is 0. The molecule has 1 aromatic rings. The minimum Gasteiger partial charge on any atom is -0.388 e. The first kappa shape index (κ1) is 17.6. The second kappa shape index (κ2) is 10.1. The number of rotatable bonds is 5. The molecule has 0 amide bonds. The predicted molar refractivity (Wildman–Crippen MR) is 98.8 cm³/mol. The Morgan fingerprint density at radius 1 is 1.13 bits per heavy atom. The molecule has 1 aliphatic rings. The minimum atomic E-state index is 0.582. The standard InChI is InChI=1S/C20H31N3/c1-17-9-6-7-12-20(13-8-15-22-23-17)18(2)21-16-14-19-10-4-3-5-11-19/h3-5,10-11,20-23H,1-2,6-9,12-16H2. The van der Waals surface area contributed by atoms with Gasteiger partial charge in [-0.2, -0.15) is 0 Å². The Kier molecular flexibility index (Phi) is 7.74. The van der Waals surface area contributed by atoms with Crippen molar-refractivity contribution in [1.82, 2.24) is 16.2 Å². The Morgan fingerprint density at radius 3 is 2.74 bits per heavy atom. The zero-order chi connectivity index (χ0) is 16.3. The molecule has 126 valence electrons. The lowest BCUT2D eigenvalue weighted by atomic mass is 9.93. The average Bonchev–Trinajstić information content (AvgIpc) is 2.61. The predicted octanol–water partition coefficient (Wildman–Crippen LogP) is 3.91. The molecule has 0 spiro atoms. The quantitative estimate of drug-likeness (QED) is 0.771. The van der Waals surface area contributed by atoms with Gasteiger partial charge in [0.1, 0.15) is 0 Å². The van der Waals surface area contributed by atoms with E-state index in [4.69, 9.17) is 0 Å². The monoisotopic (exact) mass is 313 g/mol. The van der Waals surface area contributed by atoms with E-state index in [-0.39, 0.29) is 0 Å². The molecule has 1 heterocycles. The summed E-state index contributed by atoms with van der Waals surface area (Å²) < 4.78 is 0. The lowest BCUT2D eigenvalue weighted by Crippen LogP contribution is -2.31. The molecule has 1 aliphatic heterocycles. The first-order valence-corrected chi connectivity index (χ1v) is 8.89. The smallest absolute Gasteiger partial charge is 0.0190 e. The number of hydrazine groups is 1. The van der Waals surface area contributed by atoms with Crippen molar-refractivity contribution in [2.45, 2.75) is 44.9 Å². The molecule has 3 N–H and O–H groups in total. The summed E-state index contributed by atoms with van der Waals surface area (Å²) in [6.45, 7) is 10.3. The van der Waals surface area contributed by atoms with Gasteiger partial charge in [0, 0.05) is 24.5 Å². The number of nitrogens with one attached hydrogen (secondary N) is 3. The van der Waals surface area contributed by atoms with Crippen molar-refractivity contribution in [2.75, 3.05) is 13.1 Å². The average molecular weight is 313 g/mol. The van der Waals surface area contributed by atoms with Gasteiger partial charge in [0.05, 0.1) is 0 Å². The molecule has 0 aliphatic carbocycles. The molecule has 1 atom stereocenters. The molecule has 0 saturated carbocycles. The third-order valence-electron chi connectivity index (χ3n) is 4.50. The summed E-state index contributed by atoms with van der Waals surface area (Å²) in [5.41, 5.74) is 10.1. The van der Waals surface area contributed by atoms with E-state index in [1.165, 1.54) is 36.9 Å². The van der Waals surface area contributed by atoms with Crippen LogP contribution in [0.15, 0.2) is 54.9 Å². The highest BCUT2D eigenvalue weighted by Crippen LogP contribution is 2.22. The minimum absolute atomic E-state index is 0.582. The Bertz CT molecular complexity index is 481. The number of hydrogen-bond acceptors (Lipinski definition) is 3. The Balaban J connectivity index is 1.75. The summed E-state index contributed by atoms with van der Waals surface area (Å²) in [6, 6.07) is 10.6. The van der Waals surface area contributed by atoms with Gasteiger partial charge in [0.25, 0.3) is 0 Å². The third kappa shape index (κ3) is 6.91. The fraction of sp³-hybridized carbons (Fsp3) is 0.500. The SMILES string of the molecule is C=C1CCCCC(C(=C)NCCc2ccccc2)CCCNN1. The molecule has 1 unspecified atom stereocenters. The van der Waals surface area contributed by atoms with Gasteiger partial charge in [-0.15, -0.1) is 0 Å². The number of allylic oxidation sites excluding steroid dienone is 2. The van der Waals surface area contributed by atoms with Crippen LogP contribution in [0.2, 0.25) is 0 Å². The van der Waals surface area contributed by atoms with Gasteiger partial charge in [-0.05, 0) is 50.0 Å². The van der Waals surface area contributed by atoms with Crippen molar-refractivity contribution in [2.24, 2.45) is 5.92 Å². The molecule has 1 fully saturated rings. The van der Waals surface area contributed by atoms with E-state index in [0.717, 1.165) is 38.0 Å². The second-order valence-electron chi connectivity index (χ2n) is 6.43. The third-order valence-corrected chi connectivity index (χ3v) is 4.50. The number of benzene rings is 1. The van der Waals surface area contributed by atoms with Crippen molar-refractivity contribution in [1.29, 1.82) is 0 Å². The van der Waals surface area contributed by atoms with E-state index in [1.54, 1.807) is 0 Å². The van der Waals surface area contributed by atoms with Crippen molar-refractivity contribution >= 4 is 0 Å². The Labute approximate surface area is 141 Å². The highest BCUT2D eigenvalue weighted by Gasteiger charge is 2.13. The van der Waals surface area contributed by atoms with Crippen LogP contribution in [0.5, 0.6) is 0 Å². The van der Waals surface area contributed by atoms with Crippen LogP contribution < -0.4 is 16.2 Å². The number of hydrogen-bond donors (Lipinski definition) is 3. The highest BCUT2D eigenvalue weighted by molar-refractivity contribution is 5.15. The molecular weight excluding hydrogens is 282 g/mol. The van der Waals surface area contributed by atoms with E-state index in [9.17, 15) is 0 Å². The zero-order valence-corrected chi connectivity index (χ0v) is 14.2. The fourth-order valence-electron chi connectivity index (χ4n) is 3.07. The van der Waals surface area contributed by atoms with Crippen LogP contribution in [0.1, 0.15) is 44.1 Å². The molecule has 1 saturated heterocycles. The largest absolute Gasteiger partial charge is 0.388 e. The van der Waals surface area contributed by atoms with Crippen LogP contribution in [0, 0.1) is 5.92 Å². The zero-order valence-electron chi connectivity index (χ0n) is 14.2. The van der Waals surface area contributed by atoms with Gasteiger partial charge < -0.3 is 10.7 Å². The lowest BCUT2D eigenvalue weighted by Gasteiger charge is -2.21. The summed E-state index contributed by atoms with van der Waals surface area (Å²) in [7, 11) is 0. The fourth-order valence-corrected chi connectivity index (χ4v) is 3.07. The molecule has 2 rings (SSSR count). The molecule has 0 aromatic heterocycles. The molecule has 0 bridgehead atoms. The van der Waals surface area contributed by atoms with Gasteiger partial charge >= 0.3 is 0 Å². The normalized spacial score (nSPS) is 20.2. The topological polar surface area (TPSA) is 36.1 Å². The van der Waals surface area contributed by atoms with E-state index in [1.807, 2.05) is 0 Å². The van der Waals surface area contributed by atoms with Crippen molar-refractivity contribution < 1.29 is 0 Å². The molecule has 3 heteroatoms. The molecule has 1 aromatic carbocycles. The molecule has 3 nitrogen and oxygen atoms in total. The van der Waals surface area contributed by atoms with Crippen LogP contribution in [0.4, 0.5) is 0 Å². The van der Waals surface area contributed by atoms with Gasteiger partial charge in [-0.25, -0.2) is 5.43 Å². The summed E-state index contributed by atoms with van der Waals surface area (Å²) in [6.07, 6.45) is 8.12. The molecular formula is C20H31N3. The molecule has 0 radical (unpaired) electrons. The van der Waals surface area contributed by atoms with Crippen molar-refractivity contribution in [3.05, 3.63) is 60.4 Å². The van der Waals surface area contributed by atoms with E-state index >= 15 is 0 Å². The Morgan fingerprint density at radius 2 is 1.91 bits per heavy atom. The first-order valence-electron chi connectivity index (χ1n) is 8.89. The second-order valence-corrected chi connectivity index (χ2v) is 6.43. The maximum Gasteiger partial charge on any atom is 0.0190 e. The molecule has 23 heavy (non-hydrogen) atoms. The van der Waals surface area contributed by atoms with Crippen molar-refractivity contribution in [3.8, 4) is 0 Å². The lowest BCUT2D eigenvalue weighted by molar-refractivity contribution is 0.446. The Hall–Kier alpha value is -1.74. The van der Waals surface area contributed by atoms with Crippen LogP contribution in [-0.4, -0.2) is 13.1 Å². The van der Waals surface area contributed by atoms with Crippen LogP contribution in [-0.2, 0) is 6.42 Å². The van der Waals surface area contributed by atoms with E-state index < -0.39 is 0 Å². The van der Waals surface area contributed by atoms with Gasteiger partial charge in [0.2, 0.25) is 0 Å². The van der Waals surface area contributed by atoms with Crippen LogP contribution in [0.3, 0.4) is 0 Å². The van der Waals surface area contributed by atoms with Gasteiger partial charge in [0.15, 0.2) is 0 Å². The highest BCUT2D eigenvalue weighted by atomic mass is 15.4. The maximum absolute atomic E-state index is 4.31. The summed E-state index contributed by atoms with van der Waals surface area (Å²) in [5.74, 6) is 0.582. The van der Waals surface area contributed by atoms with E-state index in [0.29, 0.717) is 5.92 Å². The van der Waals surface area contributed by atoms with Crippen LogP contribution in [0.25, 0.3) is 0 Å². The van der Waals surface area contributed by atoms with Crippen molar-refractivity contribution in [3.63, 3.8) is 0 Å². The summed E-state index contributed by atoms with van der Waals surface area (Å²) in [5, 5.41) is 3.56. The summed E-state index contributed by atoms with van der Waals surface area (Å²) in [4.78, 5) is 0. The maximum atomic E-state index is 4.31. The van der Waals surface area contributed by atoms with E-state index in [2.05, 4.69) is 59.7 Å². The van der Waals surface area contributed by atoms with Crippen LogP contribution >= 0.6 is 0 Å². The van der Waals surface area contributed by atoms with Gasteiger partial charge in [-0.1, -0.05) is 49.9 Å². The first-order chi connectivity index (χ1) is 11.3. The van der Waals surface area contributed by atoms with Gasteiger partial charge in [-0.3, -0.25) is 0 Å².